The van der Waals surface area contributed by atoms with Crippen molar-refractivity contribution >= 4 is 43.7 Å². The van der Waals surface area contributed by atoms with Gasteiger partial charge in [-0.3, -0.25) is 0 Å². The van der Waals surface area contributed by atoms with Gasteiger partial charge in [-0.1, -0.05) is 127 Å². The number of rotatable bonds is 5. The van der Waals surface area contributed by atoms with Gasteiger partial charge in [-0.2, -0.15) is 0 Å². The third-order valence-electron chi connectivity index (χ3n) is 8.37. The molecule has 0 radical (unpaired) electrons. The summed E-state index contributed by atoms with van der Waals surface area (Å²) in [5.74, 6) is 0. The molecule has 202 valence electrons. The van der Waals surface area contributed by atoms with Crippen LogP contribution < -0.4 is 5.32 Å². The molecule has 8 aromatic rings. The van der Waals surface area contributed by atoms with Crippen LogP contribution in [0.15, 0.2) is 170 Å². The van der Waals surface area contributed by atoms with Crippen molar-refractivity contribution in [3.05, 3.63) is 170 Å². The van der Waals surface area contributed by atoms with Gasteiger partial charge in [-0.05, 0) is 108 Å². The highest BCUT2D eigenvalue weighted by Crippen LogP contribution is 2.37. The van der Waals surface area contributed by atoms with E-state index in [1.54, 1.807) is 0 Å². The van der Waals surface area contributed by atoms with Gasteiger partial charge >= 0.3 is 0 Å². The molecule has 8 rings (SSSR count). The lowest BCUT2D eigenvalue weighted by Gasteiger charge is -2.13. The number of anilines is 2. The fourth-order valence-corrected chi connectivity index (χ4v) is 6.24. The van der Waals surface area contributed by atoms with Crippen LogP contribution >= 0.6 is 0 Å². The summed E-state index contributed by atoms with van der Waals surface area (Å²) in [6, 6.07) is 61.1. The van der Waals surface area contributed by atoms with Crippen molar-refractivity contribution in [2.45, 2.75) is 0 Å². The molecular formula is C42H29N. The molecule has 0 saturated heterocycles. The van der Waals surface area contributed by atoms with E-state index >= 15 is 0 Å². The Hall–Kier alpha value is -5.66. The molecule has 0 spiro atoms. The molecule has 0 unspecified atom stereocenters. The van der Waals surface area contributed by atoms with Crippen LogP contribution in [0, 0.1) is 0 Å². The number of hydrogen-bond acceptors (Lipinski definition) is 1. The van der Waals surface area contributed by atoms with Gasteiger partial charge in [-0.15, -0.1) is 0 Å². The SMILES string of the molecule is c1ccc(-c2ccc3ccc(Nc4cccc(-c5cccc(-c6cc7ccccc7c7ccccc67)c5)c4)cc3c2)cc1. The third kappa shape index (κ3) is 4.81. The molecule has 1 heteroatoms. The van der Waals surface area contributed by atoms with E-state index in [1.165, 1.54) is 65.7 Å². The second kappa shape index (κ2) is 10.6. The van der Waals surface area contributed by atoms with Crippen molar-refractivity contribution in [3.63, 3.8) is 0 Å². The standard InChI is InChI=1S/C42H29N/c1-2-10-29(11-3-1)33-21-20-30-22-23-38(27-36(30)25-33)43-37-16-9-14-32(26-37)31-13-8-15-34(24-31)42-28-35-12-4-5-17-39(35)40-18-6-7-19-41(40)42/h1-28,43H. The predicted molar refractivity (Wildman–Crippen MR) is 185 cm³/mol. The molecular weight excluding hydrogens is 518 g/mol. The minimum atomic E-state index is 1.07. The Kier molecular flexibility index (Phi) is 6.20. The molecule has 0 amide bonds. The average Bonchev–Trinajstić information content (AvgIpc) is 3.08. The fraction of sp³-hybridized carbons (Fsp3) is 0. The first-order valence-electron chi connectivity index (χ1n) is 14.8. The number of hydrogen-bond donors (Lipinski definition) is 1. The monoisotopic (exact) mass is 547 g/mol. The summed E-state index contributed by atoms with van der Waals surface area (Å²) in [6.07, 6.45) is 0. The van der Waals surface area contributed by atoms with Gasteiger partial charge in [0.15, 0.2) is 0 Å². The second-order valence-corrected chi connectivity index (χ2v) is 11.1. The predicted octanol–water partition coefficient (Wildman–Crippen LogP) is 11.9. The molecule has 0 aliphatic carbocycles. The maximum atomic E-state index is 3.66. The highest BCUT2D eigenvalue weighted by molar-refractivity contribution is 6.13. The highest BCUT2D eigenvalue weighted by Gasteiger charge is 2.10. The Balaban J connectivity index is 1.13. The molecule has 43 heavy (non-hydrogen) atoms. The Morgan fingerprint density at radius 2 is 0.907 bits per heavy atom. The fourth-order valence-electron chi connectivity index (χ4n) is 6.24. The largest absolute Gasteiger partial charge is 0.355 e. The van der Waals surface area contributed by atoms with E-state index in [0.717, 1.165) is 11.4 Å². The van der Waals surface area contributed by atoms with Crippen LogP contribution in [0.2, 0.25) is 0 Å². The molecule has 8 aromatic carbocycles. The van der Waals surface area contributed by atoms with Gasteiger partial charge in [-0.25, -0.2) is 0 Å². The molecule has 0 aliphatic heterocycles. The summed E-state index contributed by atoms with van der Waals surface area (Å²) >= 11 is 0. The molecule has 0 aromatic heterocycles. The third-order valence-corrected chi connectivity index (χ3v) is 8.37. The van der Waals surface area contributed by atoms with Crippen molar-refractivity contribution in [3.8, 4) is 33.4 Å². The normalized spacial score (nSPS) is 11.3. The molecule has 0 fully saturated rings. The zero-order valence-corrected chi connectivity index (χ0v) is 23.7. The topological polar surface area (TPSA) is 12.0 Å². The van der Waals surface area contributed by atoms with E-state index < -0.39 is 0 Å². The first-order chi connectivity index (χ1) is 21.3. The molecule has 0 aliphatic rings. The Bertz CT molecular complexity index is 2260. The average molecular weight is 548 g/mol. The van der Waals surface area contributed by atoms with Crippen molar-refractivity contribution in [1.29, 1.82) is 0 Å². The lowest BCUT2D eigenvalue weighted by molar-refractivity contribution is 1.55. The van der Waals surface area contributed by atoms with Crippen molar-refractivity contribution in [1.82, 2.24) is 0 Å². The highest BCUT2D eigenvalue weighted by atomic mass is 14.9. The van der Waals surface area contributed by atoms with Crippen LogP contribution in [0.3, 0.4) is 0 Å². The summed E-state index contributed by atoms with van der Waals surface area (Å²) in [4.78, 5) is 0. The van der Waals surface area contributed by atoms with Gasteiger partial charge < -0.3 is 5.32 Å². The molecule has 0 heterocycles. The van der Waals surface area contributed by atoms with Crippen molar-refractivity contribution < 1.29 is 0 Å². The van der Waals surface area contributed by atoms with Crippen LogP contribution in [0.1, 0.15) is 0 Å². The van der Waals surface area contributed by atoms with Crippen LogP contribution in [0.4, 0.5) is 11.4 Å². The number of benzene rings is 8. The van der Waals surface area contributed by atoms with Crippen LogP contribution in [-0.2, 0) is 0 Å². The summed E-state index contributed by atoms with van der Waals surface area (Å²) in [7, 11) is 0. The summed E-state index contributed by atoms with van der Waals surface area (Å²) in [6.45, 7) is 0. The van der Waals surface area contributed by atoms with E-state index in [9.17, 15) is 0 Å². The molecule has 1 N–H and O–H groups in total. The maximum absolute atomic E-state index is 3.66. The van der Waals surface area contributed by atoms with Gasteiger partial charge in [0, 0.05) is 11.4 Å². The number of fused-ring (bicyclic) bond motifs is 4. The Labute approximate surface area is 251 Å². The first-order valence-corrected chi connectivity index (χ1v) is 14.8. The lowest BCUT2D eigenvalue weighted by Crippen LogP contribution is -1.91. The minimum absolute atomic E-state index is 1.07. The summed E-state index contributed by atoms with van der Waals surface area (Å²) < 4.78 is 0. The molecule has 0 bridgehead atoms. The Morgan fingerprint density at radius 1 is 0.279 bits per heavy atom. The van der Waals surface area contributed by atoms with E-state index in [2.05, 4.69) is 175 Å². The maximum Gasteiger partial charge on any atom is 0.0390 e. The van der Waals surface area contributed by atoms with Crippen LogP contribution in [0.5, 0.6) is 0 Å². The summed E-state index contributed by atoms with van der Waals surface area (Å²) in [5.41, 5.74) is 9.47. The van der Waals surface area contributed by atoms with Gasteiger partial charge in [0.25, 0.3) is 0 Å². The van der Waals surface area contributed by atoms with Crippen molar-refractivity contribution in [2.24, 2.45) is 0 Å². The van der Waals surface area contributed by atoms with Gasteiger partial charge in [0.2, 0.25) is 0 Å². The Morgan fingerprint density at radius 3 is 1.79 bits per heavy atom. The smallest absolute Gasteiger partial charge is 0.0390 e. The quantitative estimate of drug-likeness (QED) is 0.211. The molecule has 1 nitrogen and oxygen atoms in total. The summed E-state index contributed by atoms with van der Waals surface area (Å²) in [5, 5.41) is 11.2. The number of nitrogens with one attached hydrogen (secondary N) is 1. The molecule has 0 saturated carbocycles. The van der Waals surface area contributed by atoms with Crippen molar-refractivity contribution in [2.75, 3.05) is 5.32 Å². The van der Waals surface area contributed by atoms with E-state index in [-0.39, 0.29) is 0 Å². The van der Waals surface area contributed by atoms with Gasteiger partial charge in [0.1, 0.15) is 0 Å². The molecule has 0 atom stereocenters. The van der Waals surface area contributed by atoms with Crippen LogP contribution in [-0.4, -0.2) is 0 Å². The van der Waals surface area contributed by atoms with E-state index in [1.807, 2.05) is 0 Å². The second-order valence-electron chi connectivity index (χ2n) is 11.1. The lowest BCUT2D eigenvalue weighted by atomic mass is 9.92. The van der Waals surface area contributed by atoms with Crippen LogP contribution in [0.25, 0.3) is 65.7 Å². The zero-order valence-electron chi connectivity index (χ0n) is 23.7. The zero-order chi connectivity index (χ0) is 28.6. The van der Waals surface area contributed by atoms with E-state index in [4.69, 9.17) is 0 Å². The van der Waals surface area contributed by atoms with Gasteiger partial charge in [0.05, 0.1) is 0 Å². The van der Waals surface area contributed by atoms with E-state index in [0.29, 0.717) is 0 Å². The minimum Gasteiger partial charge on any atom is -0.355 e. The first kappa shape index (κ1) is 25.1.